The third kappa shape index (κ3) is 2.84. The van der Waals surface area contributed by atoms with Crippen LogP contribution in [0.1, 0.15) is 44.2 Å². The van der Waals surface area contributed by atoms with Gasteiger partial charge in [-0.2, -0.15) is 5.10 Å². The highest BCUT2D eigenvalue weighted by molar-refractivity contribution is 6.30. The molecule has 2 atom stereocenters. The minimum Gasteiger partial charge on any atom is -0.343 e. The molecule has 6 rings (SSSR count). The van der Waals surface area contributed by atoms with Crippen molar-refractivity contribution in [2.45, 2.75) is 55.5 Å². The number of rotatable bonds is 4. The number of H-pyrrole nitrogens is 1. The maximum atomic E-state index is 14.3. The highest BCUT2D eigenvalue weighted by Crippen LogP contribution is 2.54. The van der Waals surface area contributed by atoms with Gasteiger partial charge in [0.1, 0.15) is 5.41 Å². The number of nitrogens with zero attached hydrogens (tertiary/aromatic N) is 5. The quantitative estimate of drug-likeness (QED) is 0.652. The molecule has 2 saturated heterocycles. The van der Waals surface area contributed by atoms with Gasteiger partial charge in [0.2, 0.25) is 5.91 Å². The van der Waals surface area contributed by atoms with Crippen LogP contribution < -0.4 is 5.32 Å². The summed E-state index contributed by atoms with van der Waals surface area (Å²) < 4.78 is 1.98. The van der Waals surface area contributed by atoms with Gasteiger partial charge in [-0.25, -0.2) is 9.97 Å². The Bertz CT molecular complexity index is 1130. The molecular weight excluding hydrogens is 414 g/mol. The van der Waals surface area contributed by atoms with E-state index in [4.69, 9.17) is 16.6 Å². The predicted molar refractivity (Wildman–Crippen MR) is 117 cm³/mol. The molecule has 3 aliphatic rings. The summed E-state index contributed by atoms with van der Waals surface area (Å²) in [6.07, 6.45) is 11.0. The second kappa shape index (κ2) is 7.03. The molecule has 162 valence electrons. The second-order valence-electron chi connectivity index (χ2n) is 9.14. The zero-order valence-corrected chi connectivity index (χ0v) is 18.1. The monoisotopic (exact) mass is 439 g/mol. The van der Waals surface area contributed by atoms with Crippen LogP contribution in [0.2, 0.25) is 5.02 Å². The lowest BCUT2D eigenvalue weighted by atomic mass is 9.66. The van der Waals surface area contributed by atoms with Gasteiger partial charge < -0.3 is 15.2 Å². The van der Waals surface area contributed by atoms with Crippen LogP contribution in [-0.2, 0) is 15.7 Å². The first kappa shape index (κ1) is 19.3. The van der Waals surface area contributed by atoms with Gasteiger partial charge in [0.05, 0.1) is 40.3 Å². The number of fused-ring (bicyclic) bond motifs is 1. The first-order chi connectivity index (χ1) is 15.1. The Kier molecular flexibility index (Phi) is 4.37. The Balaban J connectivity index is 1.53. The van der Waals surface area contributed by atoms with E-state index in [1.54, 1.807) is 12.5 Å². The third-order valence-corrected chi connectivity index (χ3v) is 7.61. The molecule has 3 aromatic heterocycles. The summed E-state index contributed by atoms with van der Waals surface area (Å²) in [6.45, 7) is 2.51. The van der Waals surface area contributed by atoms with Crippen molar-refractivity contribution < 1.29 is 4.79 Å². The van der Waals surface area contributed by atoms with Crippen LogP contribution in [0.5, 0.6) is 0 Å². The third-order valence-electron chi connectivity index (χ3n) is 7.41. The lowest BCUT2D eigenvalue weighted by molar-refractivity contribution is -0.140. The molecule has 2 aliphatic heterocycles. The van der Waals surface area contributed by atoms with Crippen LogP contribution >= 0.6 is 11.6 Å². The van der Waals surface area contributed by atoms with E-state index < -0.39 is 5.41 Å². The predicted octanol–water partition coefficient (Wildman–Crippen LogP) is 2.61. The molecule has 5 heterocycles. The van der Waals surface area contributed by atoms with Crippen molar-refractivity contribution in [3.8, 4) is 0 Å². The molecule has 9 heteroatoms. The summed E-state index contributed by atoms with van der Waals surface area (Å²) in [4.78, 5) is 28.7. The van der Waals surface area contributed by atoms with E-state index in [0.29, 0.717) is 10.7 Å². The van der Waals surface area contributed by atoms with Crippen LogP contribution in [0.15, 0.2) is 30.9 Å². The molecule has 0 spiro atoms. The normalized spacial score (nSPS) is 27.6. The minimum atomic E-state index is -0.759. The number of hydrogen-bond donors (Lipinski definition) is 2. The fourth-order valence-corrected chi connectivity index (χ4v) is 5.93. The standard InChI is InChI=1S/C22H26ClN7O/c23-15-12-27-30(13-15)21(7-8-21)19-22(6-3-9-24-19,20(31)29-10-1-2-11-29)17-5-4-16-18(28-17)26-14-25-16/h4-5,12-14,19,24H,1-3,6-11H2,(H,25,26,28)/t19-,22?/m0/s1. The van der Waals surface area contributed by atoms with Crippen molar-refractivity contribution in [3.63, 3.8) is 0 Å². The topological polar surface area (TPSA) is 91.7 Å². The smallest absolute Gasteiger partial charge is 0.236 e. The molecule has 1 aliphatic carbocycles. The average Bonchev–Trinajstić information content (AvgIpc) is 3.20. The molecular formula is C22H26ClN7O. The number of halogens is 1. The molecule has 3 aromatic rings. The number of aromatic amines is 1. The molecule has 1 unspecified atom stereocenters. The minimum absolute atomic E-state index is 0.110. The van der Waals surface area contributed by atoms with Crippen molar-refractivity contribution in [1.82, 2.24) is 34.9 Å². The number of hydrogen-bond acceptors (Lipinski definition) is 5. The highest BCUT2D eigenvalue weighted by Gasteiger charge is 2.64. The van der Waals surface area contributed by atoms with Gasteiger partial charge in [-0.1, -0.05) is 11.6 Å². The summed E-state index contributed by atoms with van der Waals surface area (Å²) >= 11 is 6.24. The zero-order valence-electron chi connectivity index (χ0n) is 17.4. The van der Waals surface area contributed by atoms with Gasteiger partial charge in [-0.15, -0.1) is 0 Å². The molecule has 2 N–H and O–H groups in total. The molecule has 0 bridgehead atoms. The summed E-state index contributed by atoms with van der Waals surface area (Å²) in [6, 6.07) is 3.90. The maximum absolute atomic E-state index is 14.3. The number of pyridine rings is 1. The van der Waals surface area contributed by atoms with Crippen LogP contribution in [-0.4, -0.2) is 61.2 Å². The highest BCUT2D eigenvalue weighted by atomic mass is 35.5. The lowest BCUT2D eigenvalue weighted by Gasteiger charge is -2.48. The molecule has 8 nitrogen and oxygen atoms in total. The van der Waals surface area contributed by atoms with Crippen LogP contribution in [0, 0.1) is 0 Å². The zero-order chi connectivity index (χ0) is 21.1. The van der Waals surface area contributed by atoms with Gasteiger partial charge in [0, 0.05) is 19.3 Å². The number of aromatic nitrogens is 5. The molecule has 1 amide bonds. The largest absolute Gasteiger partial charge is 0.343 e. The number of imidazole rings is 1. The molecule has 3 fully saturated rings. The molecule has 0 aromatic carbocycles. The Morgan fingerprint density at radius 3 is 2.74 bits per heavy atom. The van der Waals surface area contributed by atoms with Crippen LogP contribution in [0.25, 0.3) is 11.2 Å². The number of amides is 1. The molecule has 31 heavy (non-hydrogen) atoms. The summed E-state index contributed by atoms with van der Waals surface area (Å²) in [5.41, 5.74) is 1.32. The van der Waals surface area contributed by atoms with E-state index in [2.05, 4.69) is 20.4 Å². The number of carbonyl (C=O) groups is 1. The van der Waals surface area contributed by atoms with Gasteiger partial charge >= 0.3 is 0 Å². The van der Waals surface area contributed by atoms with Crippen molar-refractivity contribution in [3.05, 3.63) is 41.6 Å². The Morgan fingerprint density at radius 1 is 1.16 bits per heavy atom. The van der Waals surface area contributed by atoms with Crippen molar-refractivity contribution in [1.29, 1.82) is 0 Å². The lowest BCUT2D eigenvalue weighted by Crippen LogP contribution is -2.66. The number of carbonyl (C=O) groups excluding carboxylic acids is 1. The SMILES string of the molecule is O=C(N1CCCC1)C1(c2ccc3[nH]cnc3n2)CCCN[C@H]1C1(n2cc(Cl)cn2)CC1. The number of nitrogens with one attached hydrogen (secondary N) is 2. The van der Waals surface area contributed by atoms with E-state index >= 15 is 0 Å². The van der Waals surface area contributed by atoms with E-state index in [9.17, 15) is 4.79 Å². The van der Waals surface area contributed by atoms with Gasteiger partial charge in [0.25, 0.3) is 0 Å². The van der Waals surface area contributed by atoms with Crippen molar-refractivity contribution in [2.75, 3.05) is 19.6 Å². The number of likely N-dealkylation sites (tertiary alicyclic amines) is 1. The molecule has 0 radical (unpaired) electrons. The Hall–Kier alpha value is -2.45. The Morgan fingerprint density at radius 2 is 2.00 bits per heavy atom. The fourth-order valence-electron chi connectivity index (χ4n) is 5.79. The van der Waals surface area contributed by atoms with Gasteiger partial charge in [-0.05, 0) is 57.2 Å². The first-order valence-corrected chi connectivity index (χ1v) is 11.6. The van der Waals surface area contributed by atoms with E-state index in [-0.39, 0.29) is 17.5 Å². The van der Waals surface area contributed by atoms with E-state index in [0.717, 1.165) is 69.4 Å². The maximum Gasteiger partial charge on any atom is 0.236 e. The van der Waals surface area contributed by atoms with Crippen molar-refractivity contribution in [2.24, 2.45) is 0 Å². The van der Waals surface area contributed by atoms with Crippen molar-refractivity contribution >= 4 is 28.7 Å². The number of piperidine rings is 1. The summed E-state index contributed by atoms with van der Waals surface area (Å²) in [5.74, 6) is 0.189. The van der Waals surface area contributed by atoms with E-state index in [1.165, 1.54) is 0 Å². The average molecular weight is 440 g/mol. The fraction of sp³-hybridized carbons (Fsp3) is 0.545. The second-order valence-corrected chi connectivity index (χ2v) is 9.57. The Labute approximate surface area is 185 Å². The first-order valence-electron chi connectivity index (χ1n) is 11.2. The van der Waals surface area contributed by atoms with Gasteiger partial charge in [0.15, 0.2) is 5.65 Å². The van der Waals surface area contributed by atoms with E-state index in [1.807, 2.05) is 27.9 Å². The summed E-state index contributed by atoms with van der Waals surface area (Å²) in [7, 11) is 0. The van der Waals surface area contributed by atoms with Crippen LogP contribution in [0.4, 0.5) is 0 Å². The van der Waals surface area contributed by atoms with Gasteiger partial charge in [-0.3, -0.25) is 9.48 Å². The van der Waals surface area contributed by atoms with Crippen LogP contribution in [0.3, 0.4) is 0 Å². The molecule has 1 saturated carbocycles. The summed E-state index contributed by atoms with van der Waals surface area (Å²) in [5, 5.41) is 8.93.